The van der Waals surface area contributed by atoms with Crippen LogP contribution < -0.4 is 25.6 Å². The molecule has 1 spiro atoms. The molecule has 5 heterocycles. The zero-order valence-electron chi connectivity index (χ0n) is 23.8. The summed E-state index contributed by atoms with van der Waals surface area (Å²) in [7, 11) is 0. The number of β-amino-alcohol motifs (C(OH)–C–C–N with tert-alkyl or cyclic N) is 1. The van der Waals surface area contributed by atoms with E-state index in [1.807, 2.05) is 6.07 Å². The van der Waals surface area contributed by atoms with Gasteiger partial charge in [-0.2, -0.15) is 0 Å². The lowest BCUT2D eigenvalue weighted by Crippen LogP contribution is -2.48. The van der Waals surface area contributed by atoms with Crippen LogP contribution in [0.15, 0.2) is 18.3 Å². The van der Waals surface area contributed by atoms with Gasteiger partial charge in [0.15, 0.2) is 18.2 Å². The van der Waals surface area contributed by atoms with Crippen molar-refractivity contribution in [3.8, 4) is 5.88 Å². The Kier molecular flexibility index (Phi) is 6.74. The summed E-state index contributed by atoms with van der Waals surface area (Å²) in [5.74, 6) is -0.00974. The monoisotopic (exact) mass is 595 g/mol. The summed E-state index contributed by atoms with van der Waals surface area (Å²) in [6.07, 6.45) is 3.31. The van der Waals surface area contributed by atoms with E-state index in [-0.39, 0.29) is 41.9 Å². The molecule has 3 amide bonds. The highest BCUT2D eigenvalue weighted by atomic mass is 19.1. The number of carbonyl (C=O) groups is 3. The number of nitrogens with zero attached hydrogens (tertiary/aromatic N) is 4. The normalized spacial score (nSPS) is 27.8. The standard InChI is InChI=1S/C29H34FN7O6/c1-28(10-19(38)11-32-28)26(40)33-18-8-17-6-16(7-20(17)21(30)9-18)13-36-4-2-29(3-5-36)15-37(27(41)43-29)22-12-31-25-24(34-22)35-23(39)14-42-25/h8-9,12,16,19,32,38H,2-7,10-11,13-15H2,1H3,(H,33,40)(H,34,35,39)/t16?,19-,28+/m1/s1. The predicted octanol–water partition coefficient (Wildman–Crippen LogP) is 1.20. The third-order valence-electron chi connectivity index (χ3n) is 9.27. The number of halogens is 1. The number of aliphatic hydroxyl groups excluding tert-OH is 1. The fourth-order valence-electron chi connectivity index (χ4n) is 6.93. The quantitative estimate of drug-likeness (QED) is 0.396. The van der Waals surface area contributed by atoms with Crippen LogP contribution in [0.4, 0.5) is 26.5 Å². The lowest BCUT2D eigenvalue weighted by Gasteiger charge is -2.38. The molecule has 1 unspecified atom stereocenters. The van der Waals surface area contributed by atoms with Gasteiger partial charge in [-0.1, -0.05) is 0 Å². The minimum absolute atomic E-state index is 0.128. The van der Waals surface area contributed by atoms with E-state index in [9.17, 15) is 19.5 Å². The van der Waals surface area contributed by atoms with Gasteiger partial charge >= 0.3 is 6.09 Å². The Bertz CT molecular complexity index is 1500. The molecule has 3 atom stereocenters. The SMILES string of the molecule is C[C@@]1(C(=O)Nc2cc(F)c3c(c2)CC(CN2CCC4(CC2)CN(c2cnc5c(n2)NC(=O)CO5)C(=O)O4)C3)C[C@@H](O)CN1. The zero-order chi connectivity index (χ0) is 29.9. The van der Waals surface area contributed by atoms with Crippen molar-refractivity contribution in [2.24, 2.45) is 5.92 Å². The molecule has 0 saturated carbocycles. The molecule has 4 N–H and O–H groups in total. The topological polar surface area (TPSA) is 158 Å². The minimum atomic E-state index is -0.895. The van der Waals surface area contributed by atoms with E-state index in [1.54, 1.807) is 6.92 Å². The molecule has 7 rings (SSSR count). The molecule has 43 heavy (non-hydrogen) atoms. The van der Waals surface area contributed by atoms with Crippen LogP contribution in [-0.2, 0) is 27.2 Å². The van der Waals surface area contributed by atoms with Crippen LogP contribution in [0.3, 0.4) is 0 Å². The molecule has 5 aliphatic rings. The Hall–Kier alpha value is -3.88. The maximum Gasteiger partial charge on any atom is 0.416 e. The highest BCUT2D eigenvalue weighted by Crippen LogP contribution is 2.38. The van der Waals surface area contributed by atoms with Gasteiger partial charge in [-0.25, -0.2) is 19.2 Å². The summed E-state index contributed by atoms with van der Waals surface area (Å²) in [6, 6.07) is 3.25. The van der Waals surface area contributed by atoms with Gasteiger partial charge in [0, 0.05) is 51.1 Å². The second kappa shape index (κ2) is 10.4. The molecule has 228 valence electrons. The van der Waals surface area contributed by atoms with Crippen molar-refractivity contribution in [1.29, 1.82) is 0 Å². The Morgan fingerprint density at radius 3 is 2.84 bits per heavy atom. The molecule has 3 fully saturated rings. The summed E-state index contributed by atoms with van der Waals surface area (Å²) >= 11 is 0. The maximum absolute atomic E-state index is 15.1. The number of hydrogen-bond acceptors (Lipinski definition) is 10. The van der Waals surface area contributed by atoms with Gasteiger partial charge in [0.05, 0.1) is 24.4 Å². The molecule has 3 saturated heterocycles. The number of nitrogens with one attached hydrogen (secondary N) is 3. The van der Waals surface area contributed by atoms with Gasteiger partial charge in [-0.05, 0) is 48.9 Å². The number of fused-ring (bicyclic) bond motifs is 2. The number of benzene rings is 1. The lowest BCUT2D eigenvalue weighted by atomic mass is 9.90. The number of aliphatic hydroxyl groups is 1. The number of piperidine rings is 1. The molecular formula is C29H34FN7O6. The highest BCUT2D eigenvalue weighted by Gasteiger charge is 2.48. The number of rotatable bonds is 5. The fraction of sp³-hybridized carbons (Fsp3) is 0.552. The van der Waals surface area contributed by atoms with Crippen LogP contribution in [0.5, 0.6) is 5.88 Å². The second-order valence-electron chi connectivity index (χ2n) is 12.6. The average molecular weight is 596 g/mol. The third-order valence-corrected chi connectivity index (χ3v) is 9.27. The number of anilines is 3. The first-order valence-electron chi connectivity index (χ1n) is 14.7. The Labute approximate surface area is 247 Å². The van der Waals surface area contributed by atoms with Gasteiger partial charge in [0.1, 0.15) is 11.4 Å². The van der Waals surface area contributed by atoms with Gasteiger partial charge < -0.3 is 35.4 Å². The minimum Gasteiger partial charge on any atom is -0.465 e. The first-order chi connectivity index (χ1) is 20.6. The predicted molar refractivity (Wildman–Crippen MR) is 151 cm³/mol. The third kappa shape index (κ3) is 5.27. The smallest absolute Gasteiger partial charge is 0.416 e. The summed E-state index contributed by atoms with van der Waals surface area (Å²) in [5.41, 5.74) is 0.506. The molecule has 2 aromatic rings. The van der Waals surface area contributed by atoms with Crippen molar-refractivity contribution in [2.45, 2.75) is 56.3 Å². The van der Waals surface area contributed by atoms with E-state index >= 15 is 4.39 Å². The summed E-state index contributed by atoms with van der Waals surface area (Å²) in [6.45, 7) is 4.55. The van der Waals surface area contributed by atoms with Gasteiger partial charge in [0.2, 0.25) is 5.91 Å². The summed E-state index contributed by atoms with van der Waals surface area (Å²) in [5, 5.41) is 18.3. The molecule has 0 bridgehead atoms. The van der Waals surface area contributed by atoms with Crippen LogP contribution in [0.25, 0.3) is 0 Å². The molecule has 1 aromatic carbocycles. The molecule has 0 radical (unpaired) electrons. The van der Waals surface area contributed by atoms with Crippen molar-refractivity contribution in [3.05, 3.63) is 35.3 Å². The van der Waals surface area contributed by atoms with Crippen LogP contribution in [0, 0.1) is 11.7 Å². The van der Waals surface area contributed by atoms with Crippen molar-refractivity contribution < 1.29 is 33.4 Å². The van der Waals surface area contributed by atoms with Crippen LogP contribution in [0.2, 0.25) is 0 Å². The van der Waals surface area contributed by atoms with Gasteiger partial charge in [-0.3, -0.25) is 14.5 Å². The Morgan fingerprint density at radius 1 is 1.26 bits per heavy atom. The Balaban J connectivity index is 0.943. The van der Waals surface area contributed by atoms with E-state index in [1.165, 1.54) is 17.2 Å². The van der Waals surface area contributed by atoms with Crippen LogP contribution in [0.1, 0.15) is 37.3 Å². The second-order valence-corrected chi connectivity index (χ2v) is 12.6. The summed E-state index contributed by atoms with van der Waals surface area (Å²) in [4.78, 5) is 49.7. The van der Waals surface area contributed by atoms with E-state index in [0.29, 0.717) is 62.3 Å². The first kappa shape index (κ1) is 27.9. The van der Waals surface area contributed by atoms with E-state index in [0.717, 1.165) is 25.2 Å². The van der Waals surface area contributed by atoms with Crippen molar-refractivity contribution in [1.82, 2.24) is 20.2 Å². The van der Waals surface area contributed by atoms with Gasteiger partial charge in [-0.15, -0.1) is 0 Å². The molecule has 13 nitrogen and oxygen atoms in total. The number of carbonyl (C=O) groups excluding carboxylic acids is 3. The average Bonchev–Trinajstić information content (AvgIpc) is 3.64. The molecule has 1 aromatic heterocycles. The van der Waals surface area contributed by atoms with E-state index in [2.05, 4.69) is 30.8 Å². The molecule has 14 heteroatoms. The van der Waals surface area contributed by atoms with E-state index < -0.39 is 23.3 Å². The van der Waals surface area contributed by atoms with Crippen molar-refractivity contribution in [2.75, 3.05) is 54.9 Å². The first-order valence-corrected chi connectivity index (χ1v) is 14.7. The highest BCUT2D eigenvalue weighted by molar-refractivity contribution is 5.98. The van der Waals surface area contributed by atoms with Crippen molar-refractivity contribution in [3.63, 3.8) is 0 Å². The molecule has 1 aliphatic carbocycles. The Morgan fingerprint density at radius 2 is 2.07 bits per heavy atom. The zero-order valence-corrected chi connectivity index (χ0v) is 23.8. The number of ether oxygens (including phenoxy) is 2. The largest absolute Gasteiger partial charge is 0.465 e. The molecule has 4 aliphatic heterocycles. The number of amides is 3. The molecular weight excluding hydrogens is 561 g/mol. The van der Waals surface area contributed by atoms with Crippen LogP contribution >= 0.6 is 0 Å². The van der Waals surface area contributed by atoms with Gasteiger partial charge in [0.25, 0.3) is 11.8 Å². The number of likely N-dealkylation sites (tertiary alicyclic amines) is 1. The summed E-state index contributed by atoms with van der Waals surface area (Å²) < 4.78 is 26.2. The lowest BCUT2D eigenvalue weighted by molar-refractivity contribution is -0.121. The number of hydrogen-bond donors (Lipinski definition) is 4. The van der Waals surface area contributed by atoms with E-state index in [4.69, 9.17) is 9.47 Å². The maximum atomic E-state index is 15.1. The number of aromatic nitrogens is 2. The fourth-order valence-corrected chi connectivity index (χ4v) is 6.93. The van der Waals surface area contributed by atoms with Crippen LogP contribution in [-0.4, -0.2) is 94.5 Å². The van der Waals surface area contributed by atoms with Crippen molar-refractivity contribution >= 4 is 35.2 Å².